The molecule has 136 valence electrons. The molecule has 0 unspecified atom stereocenters. The van der Waals surface area contributed by atoms with Gasteiger partial charge in [0.15, 0.2) is 0 Å². The fraction of sp³-hybridized carbons (Fsp3) is 0.824. The Morgan fingerprint density at radius 3 is 2.42 bits per heavy atom. The number of hydrogen-bond acceptors (Lipinski definition) is 4. The van der Waals surface area contributed by atoms with Gasteiger partial charge in [-0.15, -0.1) is 11.8 Å². The Bertz CT molecular complexity index is 478. The quantitative estimate of drug-likeness (QED) is 0.647. The molecule has 2 N–H and O–H groups in total. The Hall–Kier alpha value is -1.24. The van der Waals surface area contributed by atoms with E-state index < -0.39 is 0 Å². The van der Waals surface area contributed by atoms with Crippen molar-refractivity contribution in [3.8, 4) is 0 Å². The number of carbonyl (C=O) groups excluding carboxylic acids is 3. The van der Waals surface area contributed by atoms with Crippen molar-refractivity contribution in [1.82, 2.24) is 15.5 Å². The van der Waals surface area contributed by atoms with E-state index in [0.717, 1.165) is 19.5 Å². The first kappa shape index (κ1) is 19.1. The molecule has 0 atom stereocenters. The maximum Gasteiger partial charge on any atom is 0.230 e. The number of nitrogens with one attached hydrogen (secondary N) is 2. The van der Waals surface area contributed by atoms with Crippen LogP contribution in [0.15, 0.2) is 0 Å². The molecule has 1 heterocycles. The lowest BCUT2D eigenvalue weighted by Gasteiger charge is -2.25. The highest BCUT2D eigenvalue weighted by atomic mass is 32.2. The fourth-order valence-corrected chi connectivity index (χ4v) is 3.57. The number of likely N-dealkylation sites (tertiary alicyclic amines) is 1. The van der Waals surface area contributed by atoms with Gasteiger partial charge in [0.1, 0.15) is 0 Å². The van der Waals surface area contributed by atoms with E-state index in [4.69, 9.17) is 0 Å². The maximum absolute atomic E-state index is 12.0. The lowest BCUT2D eigenvalue weighted by Crippen LogP contribution is -2.38. The van der Waals surface area contributed by atoms with Gasteiger partial charge in [-0.05, 0) is 25.2 Å². The van der Waals surface area contributed by atoms with Gasteiger partial charge in [0.25, 0.3) is 0 Å². The highest BCUT2D eigenvalue weighted by Gasteiger charge is 2.38. The molecule has 0 aromatic rings. The zero-order chi connectivity index (χ0) is 17.6. The molecule has 2 aliphatic rings. The summed E-state index contributed by atoms with van der Waals surface area (Å²) in [5, 5.41) is 5.73. The highest BCUT2D eigenvalue weighted by Crippen LogP contribution is 2.29. The van der Waals surface area contributed by atoms with Crippen LogP contribution in [-0.4, -0.2) is 60.3 Å². The minimum absolute atomic E-state index is 0.00425. The van der Waals surface area contributed by atoms with E-state index in [1.54, 1.807) is 4.90 Å². The maximum atomic E-state index is 12.0. The molecule has 1 saturated carbocycles. The summed E-state index contributed by atoms with van der Waals surface area (Å²) >= 11 is 1.33. The molecule has 6 nitrogen and oxygen atoms in total. The van der Waals surface area contributed by atoms with Crippen molar-refractivity contribution >= 4 is 29.5 Å². The van der Waals surface area contributed by atoms with Crippen LogP contribution in [0.25, 0.3) is 0 Å². The summed E-state index contributed by atoms with van der Waals surface area (Å²) < 4.78 is 0. The number of amides is 3. The van der Waals surface area contributed by atoms with Gasteiger partial charge in [-0.1, -0.05) is 20.3 Å². The molecule has 0 spiro atoms. The Morgan fingerprint density at radius 1 is 1.21 bits per heavy atom. The van der Waals surface area contributed by atoms with Crippen molar-refractivity contribution in [3.05, 3.63) is 0 Å². The molecule has 0 aromatic carbocycles. The predicted octanol–water partition coefficient (Wildman–Crippen LogP) is 1.01. The fourth-order valence-electron chi connectivity index (χ4n) is 2.89. The standard InChI is InChI=1S/C17H29N3O3S/c1-17(2)6-8-20(16(17)23)9-7-18-14(21)11-24-12-15(22)19-10-13-4-3-5-13/h13H,3-12H2,1-2H3,(H,18,21)(H,19,22). The average Bonchev–Trinajstić information content (AvgIpc) is 2.72. The molecule has 3 amide bonds. The Morgan fingerprint density at radius 2 is 1.88 bits per heavy atom. The first-order valence-electron chi connectivity index (χ1n) is 8.79. The van der Waals surface area contributed by atoms with Crippen molar-refractivity contribution in [1.29, 1.82) is 0 Å². The third kappa shape index (κ3) is 5.69. The second-order valence-corrected chi connectivity index (χ2v) is 8.36. The largest absolute Gasteiger partial charge is 0.355 e. The number of rotatable bonds is 9. The van der Waals surface area contributed by atoms with Gasteiger partial charge in [0.2, 0.25) is 17.7 Å². The molecule has 2 fully saturated rings. The van der Waals surface area contributed by atoms with Crippen LogP contribution < -0.4 is 10.6 Å². The van der Waals surface area contributed by atoms with Gasteiger partial charge in [-0.3, -0.25) is 14.4 Å². The topological polar surface area (TPSA) is 78.5 Å². The normalized spacial score (nSPS) is 19.9. The third-order valence-electron chi connectivity index (χ3n) is 4.86. The van der Waals surface area contributed by atoms with E-state index in [1.165, 1.54) is 31.0 Å². The number of thioether (sulfide) groups is 1. The highest BCUT2D eigenvalue weighted by molar-refractivity contribution is 8.00. The molecule has 24 heavy (non-hydrogen) atoms. The monoisotopic (exact) mass is 355 g/mol. The second-order valence-electron chi connectivity index (χ2n) is 7.37. The molecule has 0 radical (unpaired) electrons. The number of carbonyl (C=O) groups is 3. The van der Waals surface area contributed by atoms with E-state index in [0.29, 0.717) is 24.8 Å². The Balaban J connectivity index is 1.49. The van der Waals surface area contributed by atoms with Gasteiger partial charge in [0, 0.05) is 31.6 Å². The van der Waals surface area contributed by atoms with Crippen molar-refractivity contribution in [2.75, 3.05) is 37.7 Å². The molecular formula is C17H29N3O3S. The molecule has 2 rings (SSSR count). The zero-order valence-corrected chi connectivity index (χ0v) is 15.5. The molecule has 7 heteroatoms. The summed E-state index contributed by atoms with van der Waals surface area (Å²) in [6.07, 6.45) is 4.57. The SMILES string of the molecule is CC1(C)CCN(CCNC(=O)CSCC(=O)NCC2CCC2)C1=O. The second kappa shape index (κ2) is 8.74. The Kier molecular flexibility index (Phi) is 6.95. The van der Waals surface area contributed by atoms with Gasteiger partial charge in [-0.25, -0.2) is 0 Å². The molecule has 0 aromatic heterocycles. The lowest BCUT2D eigenvalue weighted by molar-refractivity contribution is -0.134. The Labute approximate surface area is 148 Å². The van der Waals surface area contributed by atoms with Crippen LogP contribution in [0.1, 0.15) is 39.5 Å². The van der Waals surface area contributed by atoms with Crippen molar-refractivity contribution in [2.24, 2.45) is 11.3 Å². The first-order chi connectivity index (χ1) is 11.4. The van der Waals surface area contributed by atoms with Crippen molar-refractivity contribution < 1.29 is 14.4 Å². The summed E-state index contributed by atoms with van der Waals surface area (Å²) in [6, 6.07) is 0. The molecule has 1 saturated heterocycles. The van der Waals surface area contributed by atoms with E-state index >= 15 is 0 Å². The summed E-state index contributed by atoms with van der Waals surface area (Å²) in [4.78, 5) is 37.3. The summed E-state index contributed by atoms with van der Waals surface area (Å²) in [5.41, 5.74) is -0.271. The zero-order valence-electron chi connectivity index (χ0n) is 14.7. The number of hydrogen-bond donors (Lipinski definition) is 2. The van der Waals surface area contributed by atoms with Crippen LogP contribution in [0.2, 0.25) is 0 Å². The average molecular weight is 356 g/mol. The van der Waals surface area contributed by atoms with E-state index in [2.05, 4.69) is 10.6 Å². The van der Waals surface area contributed by atoms with Crippen LogP contribution in [0.4, 0.5) is 0 Å². The van der Waals surface area contributed by atoms with E-state index in [-0.39, 0.29) is 28.9 Å². The van der Waals surface area contributed by atoms with Crippen LogP contribution in [0.5, 0.6) is 0 Å². The van der Waals surface area contributed by atoms with Crippen LogP contribution in [-0.2, 0) is 14.4 Å². The number of nitrogens with zero attached hydrogens (tertiary/aromatic N) is 1. The molecular weight excluding hydrogens is 326 g/mol. The van der Waals surface area contributed by atoms with Crippen LogP contribution in [0, 0.1) is 11.3 Å². The van der Waals surface area contributed by atoms with E-state index in [1.807, 2.05) is 13.8 Å². The van der Waals surface area contributed by atoms with Gasteiger partial charge >= 0.3 is 0 Å². The molecule has 0 bridgehead atoms. The van der Waals surface area contributed by atoms with E-state index in [9.17, 15) is 14.4 Å². The summed E-state index contributed by atoms with van der Waals surface area (Å²) in [7, 11) is 0. The lowest BCUT2D eigenvalue weighted by atomic mass is 9.85. The minimum Gasteiger partial charge on any atom is -0.355 e. The van der Waals surface area contributed by atoms with Gasteiger partial charge in [-0.2, -0.15) is 0 Å². The van der Waals surface area contributed by atoms with Crippen LogP contribution in [0.3, 0.4) is 0 Å². The molecule has 1 aliphatic heterocycles. The third-order valence-corrected chi connectivity index (χ3v) is 5.79. The smallest absolute Gasteiger partial charge is 0.230 e. The van der Waals surface area contributed by atoms with Crippen molar-refractivity contribution in [2.45, 2.75) is 39.5 Å². The predicted molar refractivity (Wildman–Crippen MR) is 95.7 cm³/mol. The molecule has 1 aliphatic carbocycles. The first-order valence-corrected chi connectivity index (χ1v) is 9.94. The summed E-state index contributed by atoms with van der Waals surface area (Å²) in [6.45, 7) is 6.47. The van der Waals surface area contributed by atoms with Gasteiger partial charge in [0.05, 0.1) is 11.5 Å². The van der Waals surface area contributed by atoms with Crippen LogP contribution >= 0.6 is 11.8 Å². The van der Waals surface area contributed by atoms with Crippen molar-refractivity contribution in [3.63, 3.8) is 0 Å². The summed E-state index contributed by atoms with van der Waals surface area (Å²) in [5.74, 6) is 1.33. The van der Waals surface area contributed by atoms with Gasteiger partial charge < -0.3 is 15.5 Å². The minimum atomic E-state index is -0.271.